The fourth-order valence-electron chi connectivity index (χ4n) is 6.73. The Balaban J connectivity index is 1.10. The molecule has 1 aliphatic heterocycles. The first kappa shape index (κ1) is 31.5. The molecule has 4 aromatic heterocycles. The number of aromatic amines is 1. The number of para-hydroxylation sites is 1. The number of benzene rings is 1. The van der Waals surface area contributed by atoms with Gasteiger partial charge in [0, 0.05) is 96.8 Å². The van der Waals surface area contributed by atoms with Gasteiger partial charge in [-0.1, -0.05) is 38.1 Å². The van der Waals surface area contributed by atoms with Crippen molar-refractivity contribution < 1.29 is 9.53 Å². The molecule has 5 heterocycles. The summed E-state index contributed by atoms with van der Waals surface area (Å²) < 4.78 is 7.89. The van der Waals surface area contributed by atoms with Gasteiger partial charge in [0.05, 0.1) is 22.6 Å². The highest BCUT2D eigenvalue weighted by molar-refractivity contribution is 7.09. The van der Waals surface area contributed by atoms with Crippen molar-refractivity contribution in [3.05, 3.63) is 93.5 Å². The first-order valence-corrected chi connectivity index (χ1v) is 17.6. The molecule has 1 atom stereocenters. The van der Waals surface area contributed by atoms with Crippen LogP contribution in [0.4, 0.5) is 0 Å². The number of pyridine rings is 1. The lowest BCUT2D eigenvalue weighted by Crippen LogP contribution is -2.49. The van der Waals surface area contributed by atoms with E-state index in [1.165, 1.54) is 0 Å². The summed E-state index contributed by atoms with van der Waals surface area (Å²) in [4.78, 5) is 36.6. The summed E-state index contributed by atoms with van der Waals surface area (Å²) in [7, 11) is 0. The number of nitrogens with zero attached hydrogens (tertiary/aromatic N) is 6. The minimum atomic E-state index is -0.329. The van der Waals surface area contributed by atoms with Crippen molar-refractivity contribution in [2.24, 2.45) is 4.99 Å². The average molecular weight is 650 g/mol. The quantitative estimate of drug-likeness (QED) is 0.191. The van der Waals surface area contributed by atoms with Crippen LogP contribution >= 0.6 is 11.3 Å². The molecular weight excluding hydrogens is 607 g/mol. The second-order valence-corrected chi connectivity index (χ2v) is 14.2. The van der Waals surface area contributed by atoms with Crippen LogP contribution in [0.1, 0.15) is 78.9 Å². The standard InChI is InChI=1S/C37H43N7O2S/c1-23(2)37-39-27(22-47-37)19-26-18-25(5)34(33-29-8-6-7-9-30(29)40-35(26)33)41-36(45)31-21-38-32-20-28(10-11-44(31)32)46-17-16-42-12-14-43(15-13-42)24(3)4/h6-11,18,20-24,26,40H,12-17,19H2,1-5H3. The molecule has 1 saturated heterocycles. The summed E-state index contributed by atoms with van der Waals surface area (Å²) in [5, 5.41) is 4.39. The smallest absolute Gasteiger partial charge is 0.296 e. The van der Waals surface area contributed by atoms with E-state index in [2.05, 4.69) is 71.1 Å². The number of carbonyl (C=O) groups is 1. The molecule has 1 amide bonds. The van der Waals surface area contributed by atoms with Gasteiger partial charge >= 0.3 is 0 Å². The molecule has 244 valence electrons. The second-order valence-electron chi connectivity index (χ2n) is 13.3. The van der Waals surface area contributed by atoms with E-state index in [4.69, 9.17) is 14.7 Å². The predicted molar refractivity (Wildman–Crippen MR) is 189 cm³/mol. The SMILES string of the molecule is CC1=CC(Cc2csc(C(C)C)n2)c2[nH]c3ccccc3c2C1=NC(=O)c1cnc2cc(OCCN3CCN(C(C)C)CC3)ccn12. The van der Waals surface area contributed by atoms with Gasteiger partial charge < -0.3 is 9.72 Å². The van der Waals surface area contributed by atoms with Crippen molar-refractivity contribution >= 4 is 39.5 Å². The number of fused-ring (bicyclic) bond motifs is 4. The first-order chi connectivity index (χ1) is 22.7. The molecule has 2 aliphatic rings. The number of thiazole rings is 1. The molecule has 9 nitrogen and oxygen atoms in total. The Bertz CT molecular complexity index is 1970. The number of aliphatic imine (C=N–C) groups is 1. The maximum atomic E-state index is 13.8. The van der Waals surface area contributed by atoms with E-state index in [-0.39, 0.29) is 11.8 Å². The van der Waals surface area contributed by atoms with Crippen LogP contribution in [0.15, 0.2) is 70.8 Å². The number of carbonyl (C=O) groups excluding carboxylic acids is 1. The van der Waals surface area contributed by atoms with E-state index in [0.29, 0.717) is 35.6 Å². The van der Waals surface area contributed by atoms with Crippen LogP contribution in [-0.2, 0) is 6.42 Å². The van der Waals surface area contributed by atoms with Gasteiger partial charge in [-0.15, -0.1) is 11.3 Å². The van der Waals surface area contributed by atoms with Gasteiger partial charge in [0.15, 0.2) is 0 Å². The molecule has 1 aromatic carbocycles. The Labute approximate surface area is 280 Å². The van der Waals surface area contributed by atoms with E-state index in [0.717, 1.165) is 83.3 Å². The Morgan fingerprint density at radius 1 is 1.13 bits per heavy atom. The van der Waals surface area contributed by atoms with Gasteiger partial charge in [-0.3, -0.25) is 19.0 Å². The number of rotatable bonds is 9. The Kier molecular flexibility index (Phi) is 8.83. The third kappa shape index (κ3) is 6.42. The van der Waals surface area contributed by atoms with Crippen LogP contribution < -0.4 is 4.74 Å². The molecule has 1 N–H and O–H groups in total. The van der Waals surface area contributed by atoms with Crippen molar-refractivity contribution in [3.8, 4) is 5.75 Å². The van der Waals surface area contributed by atoms with Crippen LogP contribution in [0.25, 0.3) is 16.6 Å². The Hall–Kier alpha value is -4.12. The molecule has 0 radical (unpaired) electrons. The molecule has 1 aliphatic carbocycles. The molecule has 47 heavy (non-hydrogen) atoms. The number of aromatic nitrogens is 4. The van der Waals surface area contributed by atoms with Crippen LogP contribution in [-0.4, -0.2) is 86.1 Å². The molecule has 0 saturated carbocycles. The van der Waals surface area contributed by atoms with Gasteiger partial charge in [-0.2, -0.15) is 0 Å². The van der Waals surface area contributed by atoms with Crippen LogP contribution in [0.3, 0.4) is 0 Å². The number of piperazine rings is 1. The zero-order chi connectivity index (χ0) is 32.7. The highest BCUT2D eigenvalue weighted by Gasteiger charge is 2.29. The van der Waals surface area contributed by atoms with Crippen molar-refractivity contribution in [1.29, 1.82) is 0 Å². The first-order valence-electron chi connectivity index (χ1n) is 16.7. The van der Waals surface area contributed by atoms with Gasteiger partial charge in [-0.05, 0) is 38.5 Å². The van der Waals surface area contributed by atoms with Crippen molar-refractivity contribution in [2.45, 2.75) is 58.9 Å². The number of imidazole rings is 1. The average Bonchev–Trinajstić information content (AvgIpc) is 3.80. The summed E-state index contributed by atoms with van der Waals surface area (Å²) in [6.45, 7) is 16.7. The molecule has 7 rings (SSSR count). The van der Waals surface area contributed by atoms with E-state index < -0.39 is 0 Å². The van der Waals surface area contributed by atoms with E-state index in [1.807, 2.05) is 37.4 Å². The zero-order valence-corrected chi connectivity index (χ0v) is 28.7. The number of hydrogen-bond acceptors (Lipinski definition) is 7. The molecule has 0 bridgehead atoms. The normalized spacial score (nSPS) is 18.5. The summed E-state index contributed by atoms with van der Waals surface area (Å²) in [5.41, 5.74) is 6.95. The minimum absolute atomic E-state index is 0.104. The van der Waals surface area contributed by atoms with Crippen molar-refractivity contribution in [3.63, 3.8) is 0 Å². The van der Waals surface area contributed by atoms with Crippen LogP contribution in [0, 0.1) is 0 Å². The number of hydrogen-bond donors (Lipinski definition) is 1. The Morgan fingerprint density at radius 3 is 2.70 bits per heavy atom. The lowest BCUT2D eigenvalue weighted by atomic mass is 9.84. The number of amides is 1. The summed E-state index contributed by atoms with van der Waals surface area (Å²) in [6.07, 6.45) is 6.46. The van der Waals surface area contributed by atoms with E-state index >= 15 is 0 Å². The third-order valence-electron chi connectivity index (χ3n) is 9.39. The van der Waals surface area contributed by atoms with Crippen LogP contribution in [0.5, 0.6) is 5.75 Å². The lowest BCUT2D eigenvalue weighted by Gasteiger charge is -2.36. The largest absolute Gasteiger partial charge is 0.492 e. The maximum Gasteiger partial charge on any atom is 0.296 e. The molecule has 0 spiro atoms. The van der Waals surface area contributed by atoms with Crippen molar-refractivity contribution in [2.75, 3.05) is 39.3 Å². The third-order valence-corrected chi connectivity index (χ3v) is 10.6. The topological polar surface area (TPSA) is 91.1 Å². The van der Waals surface area contributed by atoms with E-state index in [9.17, 15) is 4.79 Å². The highest BCUT2D eigenvalue weighted by atomic mass is 32.1. The molecule has 10 heteroatoms. The van der Waals surface area contributed by atoms with Gasteiger partial charge in [0.2, 0.25) is 0 Å². The van der Waals surface area contributed by atoms with Crippen molar-refractivity contribution in [1.82, 2.24) is 29.2 Å². The number of H-pyrrole nitrogens is 1. The van der Waals surface area contributed by atoms with Gasteiger partial charge in [0.25, 0.3) is 5.91 Å². The predicted octanol–water partition coefficient (Wildman–Crippen LogP) is 6.72. The lowest BCUT2D eigenvalue weighted by molar-refractivity contribution is 0.0971. The summed E-state index contributed by atoms with van der Waals surface area (Å²) >= 11 is 1.72. The molecule has 1 unspecified atom stereocenters. The summed E-state index contributed by atoms with van der Waals surface area (Å²) in [5.74, 6) is 0.929. The van der Waals surface area contributed by atoms with Gasteiger partial charge in [-0.25, -0.2) is 15.0 Å². The highest BCUT2D eigenvalue weighted by Crippen LogP contribution is 2.38. The minimum Gasteiger partial charge on any atom is -0.492 e. The monoisotopic (exact) mass is 649 g/mol. The molecular formula is C37H43N7O2S. The molecule has 1 fully saturated rings. The fourth-order valence-corrected chi connectivity index (χ4v) is 7.58. The Morgan fingerprint density at radius 2 is 1.94 bits per heavy atom. The maximum absolute atomic E-state index is 13.8. The summed E-state index contributed by atoms with van der Waals surface area (Å²) in [6, 6.07) is 12.6. The molecule has 5 aromatic rings. The van der Waals surface area contributed by atoms with Crippen LogP contribution in [0.2, 0.25) is 0 Å². The zero-order valence-electron chi connectivity index (χ0n) is 27.9. The number of allylic oxidation sites excluding steroid dienone is 2. The van der Waals surface area contributed by atoms with E-state index in [1.54, 1.807) is 21.9 Å². The van der Waals surface area contributed by atoms with Gasteiger partial charge in [0.1, 0.15) is 23.7 Å². The number of ether oxygens (including phenoxy) is 1. The number of nitrogens with one attached hydrogen (secondary N) is 1. The fraction of sp³-hybridized carbons (Fsp3) is 0.405. The second kappa shape index (κ2) is 13.2.